The predicted octanol–water partition coefficient (Wildman–Crippen LogP) is 0.620. The van der Waals surface area contributed by atoms with Crippen LogP contribution in [0.1, 0.15) is 6.92 Å². The van der Waals surface area contributed by atoms with E-state index in [1.54, 1.807) is 6.92 Å². The highest BCUT2D eigenvalue weighted by Gasteiger charge is 2.26. The van der Waals surface area contributed by atoms with Crippen LogP contribution >= 0.6 is 0 Å². The summed E-state index contributed by atoms with van der Waals surface area (Å²) in [5.41, 5.74) is 0. The Bertz CT molecular complexity index is 245. The Kier molecular flexibility index (Phi) is 5.79. The van der Waals surface area contributed by atoms with Crippen LogP contribution in [0.2, 0.25) is 0 Å². The fourth-order valence-corrected chi connectivity index (χ4v) is 0.909. The van der Waals surface area contributed by atoms with E-state index in [4.69, 9.17) is 6.42 Å². The Morgan fingerprint density at radius 1 is 1.53 bits per heavy atom. The Morgan fingerprint density at radius 3 is 2.53 bits per heavy atom. The summed E-state index contributed by atoms with van der Waals surface area (Å²) >= 11 is 0. The second-order valence-corrected chi connectivity index (χ2v) is 2.83. The fourth-order valence-electron chi connectivity index (χ4n) is 0.909. The van der Waals surface area contributed by atoms with E-state index in [9.17, 15) is 18.0 Å². The molecule has 86 valence electrons. The van der Waals surface area contributed by atoms with E-state index in [1.807, 2.05) is 5.32 Å². The van der Waals surface area contributed by atoms with Crippen molar-refractivity contribution in [3.63, 3.8) is 0 Å². The first-order chi connectivity index (χ1) is 6.90. The van der Waals surface area contributed by atoms with Gasteiger partial charge in [0.05, 0.1) is 19.6 Å². The zero-order valence-electron chi connectivity index (χ0n) is 8.40. The lowest BCUT2D eigenvalue weighted by atomic mass is 10.4. The molecule has 15 heavy (non-hydrogen) atoms. The molecule has 0 atom stereocenters. The molecule has 0 aliphatic carbocycles. The molecular formula is C9H13F3N2O. The molecule has 0 saturated carbocycles. The number of halogens is 3. The highest BCUT2D eigenvalue weighted by atomic mass is 19.4. The number of nitrogens with one attached hydrogen (secondary N) is 1. The summed E-state index contributed by atoms with van der Waals surface area (Å²) < 4.78 is 35.2. The van der Waals surface area contributed by atoms with Gasteiger partial charge < -0.3 is 10.2 Å². The summed E-state index contributed by atoms with van der Waals surface area (Å²) in [6.07, 6.45) is 0.694. The standard InChI is InChI=1S/C9H13F3N2O/c1-3-5-14(4-2)8(15)6-13-7-9(10,11)12/h1,13H,4-7H2,2H3. The van der Waals surface area contributed by atoms with Crippen LogP contribution in [-0.4, -0.2) is 43.2 Å². The summed E-state index contributed by atoms with van der Waals surface area (Å²) in [6.45, 7) is 0.681. The molecule has 0 radical (unpaired) electrons. The number of hydrogen-bond acceptors (Lipinski definition) is 2. The van der Waals surface area contributed by atoms with Gasteiger partial charge in [0.15, 0.2) is 0 Å². The summed E-state index contributed by atoms with van der Waals surface area (Å²) in [4.78, 5) is 12.5. The number of rotatable bonds is 5. The molecular weight excluding hydrogens is 209 g/mol. The molecule has 0 saturated heterocycles. The van der Waals surface area contributed by atoms with Gasteiger partial charge in [0.2, 0.25) is 5.91 Å². The van der Waals surface area contributed by atoms with E-state index in [1.165, 1.54) is 4.90 Å². The fraction of sp³-hybridized carbons (Fsp3) is 0.667. The third-order valence-corrected chi connectivity index (χ3v) is 1.62. The smallest absolute Gasteiger partial charge is 0.331 e. The third kappa shape index (κ3) is 6.80. The van der Waals surface area contributed by atoms with Crippen molar-refractivity contribution in [3.05, 3.63) is 0 Å². The molecule has 0 aliphatic rings. The summed E-state index contributed by atoms with van der Waals surface area (Å²) in [7, 11) is 0. The van der Waals surface area contributed by atoms with Crippen LogP contribution in [0.25, 0.3) is 0 Å². The number of likely N-dealkylation sites (N-methyl/N-ethyl adjacent to an activating group) is 1. The van der Waals surface area contributed by atoms with Crippen LogP contribution in [-0.2, 0) is 4.79 Å². The van der Waals surface area contributed by atoms with Gasteiger partial charge in [0.25, 0.3) is 0 Å². The van der Waals surface area contributed by atoms with E-state index in [-0.39, 0.29) is 13.1 Å². The molecule has 0 fully saturated rings. The molecule has 3 nitrogen and oxygen atoms in total. The highest BCUT2D eigenvalue weighted by molar-refractivity contribution is 5.78. The second kappa shape index (κ2) is 6.30. The van der Waals surface area contributed by atoms with Crippen LogP contribution < -0.4 is 5.32 Å². The molecule has 0 rings (SSSR count). The molecule has 1 N–H and O–H groups in total. The first kappa shape index (κ1) is 13.8. The molecule has 0 aromatic carbocycles. The molecule has 0 unspecified atom stereocenters. The lowest BCUT2D eigenvalue weighted by Gasteiger charge is -2.18. The minimum absolute atomic E-state index is 0.114. The van der Waals surface area contributed by atoms with Crippen molar-refractivity contribution in [3.8, 4) is 12.3 Å². The van der Waals surface area contributed by atoms with Crippen LogP contribution in [0.4, 0.5) is 13.2 Å². The highest BCUT2D eigenvalue weighted by Crippen LogP contribution is 2.11. The normalized spacial score (nSPS) is 10.9. The van der Waals surface area contributed by atoms with E-state index in [0.29, 0.717) is 6.54 Å². The largest absolute Gasteiger partial charge is 0.401 e. The average molecular weight is 222 g/mol. The van der Waals surface area contributed by atoms with E-state index in [0.717, 1.165) is 0 Å². The van der Waals surface area contributed by atoms with Crippen LogP contribution in [0.15, 0.2) is 0 Å². The summed E-state index contributed by atoms with van der Waals surface area (Å²) in [5.74, 6) is 1.83. The minimum atomic E-state index is -4.30. The molecule has 0 bridgehead atoms. The topological polar surface area (TPSA) is 32.3 Å². The molecule has 6 heteroatoms. The third-order valence-electron chi connectivity index (χ3n) is 1.62. The van der Waals surface area contributed by atoms with Gasteiger partial charge in [-0.25, -0.2) is 0 Å². The van der Waals surface area contributed by atoms with Gasteiger partial charge in [-0.2, -0.15) is 13.2 Å². The van der Waals surface area contributed by atoms with E-state index >= 15 is 0 Å². The van der Waals surface area contributed by atoms with E-state index in [2.05, 4.69) is 5.92 Å². The number of terminal acetylenes is 1. The average Bonchev–Trinajstić information content (AvgIpc) is 2.11. The van der Waals surface area contributed by atoms with Crippen molar-refractivity contribution in [2.24, 2.45) is 0 Å². The molecule has 0 heterocycles. The lowest BCUT2D eigenvalue weighted by Crippen LogP contribution is -2.41. The monoisotopic (exact) mass is 222 g/mol. The van der Waals surface area contributed by atoms with Crippen molar-refractivity contribution < 1.29 is 18.0 Å². The number of carbonyl (C=O) groups is 1. The van der Waals surface area contributed by atoms with Crippen LogP contribution in [0, 0.1) is 12.3 Å². The first-order valence-electron chi connectivity index (χ1n) is 4.39. The van der Waals surface area contributed by atoms with Gasteiger partial charge in [0, 0.05) is 6.54 Å². The number of alkyl halides is 3. The zero-order chi connectivity index (χ0) is 11.9. The quantitative estimate of drug-likeness (QED) is 0.692. The maximum atomic E-state index is 11.7. The van der Waals surface area contributed by atoms with Gasteiger partial charge in [0.1, 0.15) is 0 Å². The molecule has 0 aliphatic heterocycles. The van der Waals surface area contributed by atoms with Crippen molar-refractivity contribution in [1.82, 2.24) is 10.2 Å². The van der Waals surface area contributed by atoms with Crippen molar-refractivity contribution >= 4 is 5.91 Å². The second-order valence-electron chi connectivity index (χ2n) is 2.83. The maximum Gasteiger partial charge on any atom is 0.401 e. The van der Waals surface area contributed by atoms with Crippen LogP contribution in [0.3, 0.4) is 0 Å². The maximum absolute atomic E-state index is 11.7. The summed E-state index contributed by atoms with van der Waals surface area (Å²) in [6, 6.07) is 0. The number of nitrogens with zero attached hydrogens (tertiary/aromatic N) is 1. The zero-order valence-corrected chi connectivity index (χ0v) is 8.40. The SMILES string of the molecule is C#CCN(CC)C(=O)CNCC(F)(F)F. The molecule has 0 spiro atoms. The first-order valence-corrected chi connectivity index (χ1v) is 4.39. The van der Waals surface area contributed by atoms with Crippen molar-refractivity contribution in [1.29, 1.82) is 0 Å². The van der Waals surface area contributed by atoms with E-state index < -0.39 is 18.6 Å². The predicted molar refractivity (Wildman–Crippen MR) is 50.0 cm³/mol. The lowest BCUT2D eigenvalue weighted by molar-refractivity contribution is -0.133. The van der Waals surface area contributed by atoms with Gasteiger partial charge in [-0.3, -0.25) is 4.79 Å². The van der Waals surface area contributed by atoms with Crippen molar-refractivity contribution in [2.45, 2.75) is 13.1 Å². The Balaban J connectivity index is 3.87. The van der Waals surface area contributed by atoms with Crippen LogP contribution in [0.5, 0.6) is 0 Å². The van der Waals surface area contributed by atoms with Gasteiger partial charge in [-0.05, 0) is 6.92 Å². The summed E-state index contributed by atoms with van der Waals surface area (Å²) in [5, 5.41) is 2.01. The van der Waals surface area contributed by atoms with Crippen molar-refractivity contribution in [2.75, 3.05) is 26.2 Å². The Morgan fingerprint density at radius 2 is 2.13 bits per heavy atom. The minimum Gasteiger partial charge on any atom is -0.331 e. The molecule has 0 aromatic rings. The molecule has 0 aromatic heterocycles. The molecule has 1 amide bonds. The number of amides is 1. The number of hydrogen-bond donors (Lipinski definition) is 1. The van der Waals surface area contributed by atoms with Gasteiger partial charge in [-0.15, -0.1) is 6.42 Å². The van der Waals surface area contributed by atoms with Gasteiger partial charge >= 0.3 is 6.18 Å². The number of carbonyl (C=O) groups excluding carboxylic acids is 1. The van der Waals surface area contributed by atoms with Gasteiger partial charge in [-0.1, -0.05) is 5.92 Å². The Labute approximate surface area is 86.6 Å². The Hall–Kier alpha value is -1.22.